The van der Waals surface area contributed by atoms with E-state index in [-0.39, 0.29) is 10.3 Å². The molecule has 0 aliphatic rings. The third-order valence-corrected chi connectivity index (χ3v) is 3.22. The lowest BCUT2D eigenvalue weighted by atomic mass is 10.2. The van der Waals surface area contributed by atoms with Gasteiger partial charge in [-0.25, -0.2) is 13.9 Å². The number of aromatic nitrogens is 3. The first-order valence-electron chi connectivity index (χ1n) is 6.37. The molecule has 3 aromatic rings. The largest absolute Gasteiger partial charge is 0.250 e. The van der Waals surface area contributed by atoms with Gasteiger partial charge in [0.25, 0.3) is 0 Å². The van der Waals surface area contributed by atoms with Gasteiger partial charge in [-0.2, -0.15) is 14.9 Å². The molecule has 1 heterocycles. The lowest BCUT2D eigenvalue weighted by Gasteiger charge is -2.01. The molecule has 110 valence electrons. The molecule has 7 heteroatoms. The van der Waals surface area contributed by atoms with Crippen LogP contribution in [0.2, 0.25) is 0 Å². The number of aromatic amines is 1. The van der Waals surface area contributed by atoms with Gasteiger partial charge in [0.15, 0.2) is 5.82 Å². The second-order valence-electron chi connectivity index (χ2n) is 4.44. The Kier molecular flexibility index (Phi) is 3.88. The molecule has 0 atom stereocenters. The maximum atomic E-state index is 13.6. The highest BCUT2D eigenvalue weighted by Gasteiger charge is 2.07. The first-order chi connectivity index (χ1) is 10.6. The van der Waals surface area contributed by atoms with Crippen molar-refractivity contribution in [2.45, 2.75) is 0 Å². The Balaban J connectivity index is 2.01. The molecule has 0 saturated heterocycles. The minimum absolute atomic E-state index is 0.156. The molecule has 3 rings (SSSR count). The summed E-state index contributed by atoms with van der Waals surface area (Å²) in [7, 11) is 0. The molecule has 4 nitrogen and oxygen atoms in total. The van der Waals surface area contributed by atoms with E-state index in [9.17, 15) is 8.78 Å². The molecule has 22 heavy (non-hydrogen) atoms. The summed E-state index contributed by atoms with van der Waals surface area (Å²) in [6.45, 7) is 0. The summed E-state index contributed by atoms with van der Waals surface area (Å²) in [6, 6.07) is 12.6. The third kappa shape index (κ3) is 2.84. The maximum absolute atomic E-state index is 13.6. The van der Waals surface area contributed by atoms with Crippen LogP contribution in [-0.4, -0.2) is 21.1 Å². The van der Waals surface area contributed by atoms with E-state index in [0.717, 1.165) is 17.7 Å². The average Bonchev–Trinajstić information content (AvgIpc) is 2.88. The van der Waals surface area contributed by atoms with Crippen molar-refractivity contribution < 1.29 is 8.78 Å². The molecule has 1 N–H and O–H groups in total. The van der Waals surface area contributed by atoms with E-state index in [1.54, 1.807) is 0 Å². The third-order valence-electron chi connectivity index (χ3n) is 2.96. The zero-order valence-corrected chi connectivity index (χ0v) is 12.0. The van der Waals surface area contributed by atoms with Crippen LogP contribution in [0.1, 0.15) is 5.56 Å². The minimum Gasteiger partial charge on any atom is -0.250 e. The summed E-state index contributed by atoms with van der Waals surface area (Å²) < 4.78 is 28.2. The van der Waals surface area contributed by atoms with Gasteiger partial charge in [-0.05, 0) is 24.4 Å². The fourth-order valence-electron chi connectivity index (χ4n) is 1.90. The first kappa shape index (κ1) is 14.3. The zero-order chi connectivity index (χ0) is 15.5. The molecule has 0 unspecified atom stereocenters. The molecular weight excluding hydrogens is 306 g/mol. The van der Waals surface area contributed by atoms with Crippen molar-refractivity contribution in [1.29, 1.82) is 0 Å². The van der Waals surface area contributed by atoms with E-state index >= 15 is 0 Å². The van der Waals surface area contributed by atoms with Gasteiger partial charge in [-0.3, -0.25) is 0 Å². The molecule has 0 spiro atoms. The van der Waals surface area contributed by atoms with Crippen LogP contribution >= 0.6 is 12.2 Å². The molecular formula is C15H10F2N4S. The van der Waals surface area contributed by atoms with Gasteiger partial charge < -0.3 is 0 Å². The van der Waals surface area contributed by atoms with Crippen LogP contribution in [0.3, 0.4) is 0 Å². The standard InChI is InChI=1S/C15H10F2N4S/c16-12-7-6-11(13(17)8-12)9-18-21-14(19-20-15(21)22)10-4-2-1-3-5-10/h1-9H,(H,20,22)/b18-9+. The lowest BCUT2D eigenvalue weighted by Crippen LogP contribution is -1.96. The number of halogens is 2. The molecule has 0 amide bonds. The fraction of sp³-hybridized carbons (Fsp3) is 0. The summed E-state index contributed by atoms with van der Waals surface area (Å²) in [5.41, 5.74) is 0.968. The fourth-order valence-corrected chi connectivity index (χ4v) is 2.08. The van der Waals surface area contributed by atoms with Crippen molar-refractivity contribution in [3.05, 3.63) is 70.5 Å². The van der Waals surface area contributed by atoms with Crippen molar-refractivity contribution in [3.8, 4) is 11.4 Å². The molecule has 0 aliphatic carbocycles. The number of hydrogen-bond donors (Lipinski definition) is 1. The molecule has 0 radical (unpaired) electrons. The predicted molar refractivity (Wildman–Crippen MR) is 82.2 cm³/mol. The molecule has 2 aromatic carbocycles. The highest BCUT2D eigenvalue weighted by atomic mass is 32.1. The molecule has 1 aromatic heterocycles. The van der Waals surface area contributed by atoms with Gasteiger partial charge in [0.05, 0.1) is 6.21 Å². The Hall–Kier alpha value is -2.67. The number of benzene rings is 2. The summed E-state index contributed by atoms with van der Waals surface area (Å²) in [5.74, 6) is -0.830. The number of H-pyrrole nitrogens is 1. The average molecular weight is 316 g/mol. The Morgan fingerprint density at radius 2 is 1.91 bits per heavy atom. The van der Waals surface area contributed by atoms with E-state index < -0.39 is 11.6 Å². The SMILES string of the molecule is Fc1ccc(/C=N/n2c(-c3ccccc3)n[nH]c2=S)c(F)c1. The first-order valence-corrected chi connectivity index (χ1v) is 6.78. The predicted octanol–water partition coefficient (Wildman–Crippen LogP) is 3.77. The summed E-state index contributed by atoms with van der Waals surface area (Å²) >= 11 is 5.12. The molecule has 0 saturated carbocycles. The zero-order valence-electron chi connectivity index (χ0n) is 11.2. The quantitative estimate of drug-likeness (QED) is 0.590. The van der Waals surface area contributed by atoms with Crippen LogP contribution in [0.4, 0.5) is 8.78 Å². The van der Waals surface area contributed by atoms with E-state index in [0.29, 0.717) is 5.82 Å². The summed E-state index contributed by atoms with van der Waals surface area (Å²) in [6.07, 6.45) is 1.27. The lowest BCUT2D eigenvalue weighted by molar-refractivity contribution is 0.582. The van der Waals surface area contributed by atoms with Crippen LogP contribution in [-0.2, 0) is 0 Å². The summed E-state index contributed by atoms with van der Waals surface area (Å²) in [5, 5.41) is 10.9. The van der Waals surface area contributed by atoms with Gasteiger partial charge in [0, 0.05) is 17.2 Å². The Morgan fingerprint density at radius 3 is 2.64 bits per heavy atom. The number of rotatable bonds is 3. The van der Waals surface area contributed by atoms with Crippen LogP contribution in [0, 0.1) is 16.4 Å². The van der Waals surface area contributed by atoms with Gasteiger partial charge in [-0.15, -0.1) is 0 Å². The maximum Gasteiger partial charge on any atom is 0.216 e. The Labute approximate surface area is 129 Å². The number of nitrogens with zero attached hydrogens (tertiary/aromatic N) is 3. The number of hydrogen-bond acceptors (Lipinski definition) is 3. The van der Waals surface area contributed by atoms with E-state index in [1.807, 2.05) is 30.3 Å². The van der Waals surface area contributed by atoms with Crippen LogP contribution < -0.4 is 0 Å². The van der Waals surface area contributed by atoms with Gasteiger partial charge >= 0.3 is 0 Å². The highest BCUT2D eigenvalue weighted by Crippen LogP contribution is 2.16. The van der Waals surface area contributed by atoms with Gasteiger partial charge in [0.2, 0.25) is 4.77 Å². The monoisotopic (exact) mass is 316 g/mol. The second kappa shape index (κ2) is 5.98. The molecule has 0 bridgehead atoms. The van der Waals surface area contributed by atoms with Crippen LogP contribution in [0.15, 0.2) is 53.6 Å². The van der Waals surface area contributed by atoms with Gasteiger partial charge in [-0.1, -0.05) is 30.3 Å². The van der Waals surface area contributed by atoms with E-state index in [4.69, 9.17) is 12.2 Å². The van der Waals surface area contributed by atoms with Crippen LogP contribution in [0.25, 0.3) is 11.4 Å². The molecule has 0 aliphatic heterocycles. The van der Waals surface area contributed by atoms with Crippen molar-refractivity contribution in [3.63, 3.8) is 0 Å². The van der Waals surface area contributed by atoms with Crippen LogP contribution in [0.5, 0.6) is 0 Å². The Bertz CT molecular complexity index is 884. The smallest absolute Gasteiger partial charge is 0.216 e. The van der Waals surface area contributed by atoms with Crippen molar-refractivity contribution in [2.75, 3.05) is 0 Å². The number of nitrogens with one attached hydrogen (secondary N) is 1. The minimum atomic E-state index is -0.694. The second-order valence-corrected chi connectivity index (χ2v) is 4.83. The van der Waals surface area contributed by atoms with E-state index in [2.05, 4.69) is 15.3 Å². The van der Waals surface area contributed by atoms with Gasteiger partial charge in [0.1, 0.15) is 11.6 Å². The van der Waals surface area contributed by atoms with E-state index in [1.165, 1.54) is 17.0 Å². The van der Waals surface area contributed by atoms with Crippen molar-refractivity contribution in [1.82, 2.24) is 14.9 Å². The van der Waals surface area contributed by atoms with Crippen molar-refractivity contribution >= 4 is 18.4 Å². The Morgan fingerprint density at radius 1 is 1.14 bits per heavy atom. The van der Waals surface area contributed by atoms with Crippen molar-refractivity contribution in [2.24, 2.45) is 5.10 Å². The summed E-state index contributed by atoms with van der Waals surface area (Å²) in [4.78, 5) is 0. The molecule has 0 fully saturated rings. The highest BCUT2D eigenvalue weighted by molar-refractivity contribution is 7.71. The normalized spacial score (nSPS) is 11.2. The topological polar surface area (TPSA) is 46.0 Å².